The van der Waals surface area contributed by atoms with Gasteiger partial charge in [0.05, 0.1) is 0 Å². The molecule has 0 saturated heterocycles. The van der Waals surface area contributed by atoms with Crippen molar-refractivity contribution in [2.75, 3.05) is 13.6 Å². The molecule has 0 spiro atoms. The molecule has 1 nitrogen and oxygen atoms in total. The van der Waals surface area contributed by atoms with Crippen LogP contribution in [-0.2, 0) is 12.0 Å². The molecule has 1 heteroatoms. The predicted molar refractivity (Wildman–Crippen MR) is 54.6 cm³/mol. The Morgan fingerprint density at radius 1 is 1.46 bits per heavy atom. The van der Waals surface area contributed by atoms with Gasteiger partial charge in [0.25, 0.3) is 0 Å². The van der Waals surface area contributed by atoms with Crippen molar-refractivity contribution in [1.82, 2.24) is 4.90 Å². The van der Waals surface area contributed by atoms with Crippen LogP contribution in [0.25, 0.3) is 0 Å². The Kier molecular flexibility index (Phi) is 1.92. The molecule has 2 rings (SSSR count). The summed E-state index contributed by atoms with van der Waals surface area (Å²) in [5, 5.41) is 0. The Morgan fingerprint density at radius 2 is 2.23 bits per heavy atom. The summed E-state index contributed by atoms with van der Waals surface area (Å²) in [4.78, 5) is 2.41. The molecular weight excluding hydrogens is 158 g/mol. The summed E-state index contributed by atoms with van der Waals surface area (Å²) in [7, 11) is 2.19. The van der Waals surface area contributed by atoms with E-state index in [1.165, 1.54) is 11.1 Å². The first-order valence-electron chi connectivity index (χ1n) is 4.83. The third-order valence-electron chi connectivity index (χ3n) is 3.28. The second-order valence-electron chi connectivity index (χ2n) is 4.31. The van der Waals surface area contributed by atoms with Gasteiger partial charge >= 0.3 is 0 Å². The van der Waals surface area contributed by atoms with Crippen molar-refractivity contribution in [3.8, 4) is 0 Å². The number of fused-ring (bicyclic) bond motifs is 1. The molecule has 0 atom stereocenters. The summed E-state index contributed by atoms with van der Waals surface area (Å²) >= 11 is 0. The normalized spacial score (nSPS) is 21.2. The zero-order valence-electron chi connectivity index (χ0n) is 8.59. The van der Waals surface area contributed by atoms with Crippen LogP contribution in [0.1, 0.15) is 25.0 Å². The molecule has 0 fully saturated rings. The van der Waals surface area contributed by atoms with Gasteiger partial charge in [0.2, 0.25) is 0 Å². The van der Waals surface area contributed by atoms with E-state index in [1.54, 1.807) is 0 Å². The molecule has 0 amide bonds. The fourth-order valence-electron chi connectivity index (χ4n) is 2.04. The van der Waals surface area contributed by atoms with Crippen LogP contribution in [0.2, 0.25) is 0 Å². The SMILES string of the molecule is CN1CCc2c[c]ccc2C1(C)C. The third kappa shape index (κ3) is 1.28. The summed E-state index contributed by atoms with van der Waals surface area (Å²) in [5.41, 5.74) is 3.11. The zero-order chi connectivity index (χ0) is 9.47. The van der Waals surface area contributed by atoms with E-state index in [-0.39, 0.29) is 5.54 Å². The van der Waals surface area contributed by atoms with Crippen LogP contribution in [0.15, 0.2) is 18.2 Å². The van der Waals surface area contributed by atoms with E-state index in [9.17, 15) is 0 Å². The third-order valence-corrected chi connectivity index (χ3v) is 3.28. The molecule has 0 saturated carbocycles. The lowest BCUT2D eigenvalue weighted by atomic mass is 9.84. The lowest BCUT2D eigenvalue weighted by Crippen LogP contribution is -2.43. The second kappa shape index (κ2) is 2.85. The van der Waals surface area contributed by atoms with E-state index in [2.05, 4.69) is 44.0 Å². The molecule has 1 aromatic rings. The van der Waals surface area contributed by atoms with Crippen molar-refractivity contribution in [2.24, 2.45) is 0 Å². The lowest BCUT2D eigenvalue weighted by Gasteiger charge is -2.41. The zero-order valence-corrected chi connectivity index (χ0v) is 8.59. The number of rotatable bonds is 0. The van der Waals surface area contributed by atoms with Gasteiger partial charge in [-0.05, 0) is 44.5 Å². The average molecular weight is 174 g/mol. The van der Waals surface area contributed by atoms with Crippen molar-refractivity contribution in [2.45, 2.75) is 25.8 Å². The van der Waals surface area contributed by atoms with Gasteiger partial charge in [-0.25, -0.2) is 0 Å². The minimum atomic E-state index is 0.183. The van der Waals surface area contributed by atoms with Crippen molar-refractivity contribution >= 4 is 0 Å². The fourth-order valence-corrected chi connectivity index (χ4v) is 2.04. The highest BCUT2D eigenvalue weighted by molar-refractivity contribution is 5.34. The molecule has 1 aliphatic heterocycles. The van der Waals surface area contributed by atoms with Gasteiger partial charge in [0, 0.05) is 12.1 Å². The Bertz CT molecular complexity index is 315. The van der Waals surface area contributed by atoms with Gasteiger partial charge < -0.3 is 0 Å². The molecule has 1 aliphatic rings. The van der Waals surface area contributed by atoms with Gasteiger partial charge in [-0.3, -0.25) is 4.90 Å². The van der Waals surface area contributed by atoms with Gasteiger partial charge in [0.15, 0.2) is 0 Å². The second-order valence-corrected chi connectivity index (χ2v) is 4.31. The molecule has 69 valence electrons. The molecule has 1 radical (unpaired) electrons. The van der Waals surface area contributed by atoms with E-state index in [0.717, 1.165) is 13.0 Å². The quantitative estimate of drug-likeness (QED) is 0.583. The van der Waals surface area contributed by atoms with E-state index in [1.807, 2.05) is 6.07 Å². The highest BCUT2D eigenvalue weighted by atomic mass is 15.2. The molecule has 1 heterocycles. The minimum absolute atomic E-state index is 0.183. The minimum Gasteiger partial charge on any atom is -0.297 e. The van der Waals surface area contributed by atoms with Crippen LogP contribution in [-0.4, -0.2) is 18.5 Å². The van der Waals surface area contributed by atoms with Crippen LogP contribution in [0, 0.1) is 6.07 Å². The molecule has 0 bridgehead atoms. The van der Waals surface area contributed by atoms with Crippen LogP contribution < -0.4 is 0 Å². The number of hydrogen-bond acceptors (Lipinski definition) is 1. The lowest BCUT2D eigenvalue weighted by molar-refractivity contribution is 0.143. The Balaban J connectivity index is 2.52. The van der Waals surface area contributed by atoms with E-state index >= 15 is 0 Å². The van der Waals surface area contributed by atoms with Crippen molar-refractivity contribution in [3.63, 3.8) is 0 Å². The van der Waals surface area contributed by atoms with Crippen LogP contribution in [0.5, 0.6) is 0 Å². The smallest absolute Gasteiger partial charge is 0.0404 e. The molecule has 1 aromatic carbocycles. The Labute approximate surface area is 80.4 Å². The number of nitrogens with zero attached hydrogens (tertiary/aromatic N) is 1. The molecule has 0 aliphatic carbocycles. The molecular formula is C12H16N. The van der Waals surface area contributed by atoms with Crippen molar-refractivity contribution in [3.05, 3.63) is 35.4 Å². The molecule has 0 aromatic heterocycles. The van der Waals surface area contributed by atoms with Gasteiger partial charge in [-0.2, -0.15) is 0 Å². The standard InChI is InChI=1S/C12H16N/c1-12(2)11-7-5-4-6-10(11)8-9-13(12)3/h5-7H,8-9H2,1-3H3. The topological polar surface area (TPSA) is 3.24 Å². The number of benzene rings is 1. The first-order chi connectivity index (χ1) is 6.12. The highest BCUT2D eigenvalue weighted by Gasteiger charge is 2.31. The van der Waals surface area contributed by atoms with E-state index in [0.29, 0.717) is 0 Å². The number of likely N-dealkylation sites (N-methyl/N-ethyl adjacent to an activating group) is 1. The van der Waals surface area contributed by atoms with Crippen LogP contribution >= 0.6 is 0 Å². The summed E-state index contributed by atoms with van der Waals surface area (Å²) in [5.74, 6) is 0. The summed E-state index contributed by atoms with van der Waals surface area (Å²) in [6.45, 7) is 5.72. The number of hydrogen-bond donors (Lipinski definition) is 0. The fraction of sp³-hybridized carbons (Fsp3) is 0.500. The Hall–Kier alpha value is -0.820. The maximum Gasteiger partial charge on any atom is 0.0404 e. The maximum atomic E-state index is 3.15. The van der Waals surface area contributed by atoms with E-state index in [4.69, 9.17) is 0 Å². The summed E-state index contributed by atoms with van der Waals surface area (Å²) in [6, 6.07) is 9.50. The van der Waals surface area contributed by atoms with Crippen LogP contribution in [0.3, 0.4) is 0 Å². The summed E-state index contributed by atoms with van der Waals surface area (Å²) < 4.78 is 0. The first kappa shape index (κ1) is 8.76. The van der Waals surface area contributed by atoms with Crippen molar-refractivity contribution in [1.29, 1.82) is 0 Å². The monoisotopic (exact) mass is 174 g/mol. The average Bonchev–Trinajstić information content (AvgIpc) is 2.13. The summed E-state index contributed by atoms with van der Waals surface area (Å²) in [6.07, 6.45) is 1.16. The predicted octanol–water partition coefficient (Wildman–Crippen LogP) is 2.21. The van der Waals surface area contributed by atoms with E-state index < -0.39 is 0 Å². The van der Waals surface area contributed by atoms with Gasteiger partial charge in [-0.1, -0.05) is 18.2 Å². The highest BCUT2D eigenvalue weighted by Crippen LogP contribution is 2.33. The van der Waals surface area contributed by atoms with Crippen LogP contribution in [0.4, 0.5) is 0 Å². The van der Waals surface area contributed by atoms with Crippen molar-refractivity contribution < 1.29 is 0 Å². The van der Waals surface area contributed by atoms with Gasteiger partial charge in [0.1, 0.15) is 0 Å². The largest absolute Gasteiger partial charge is 0.297 e. The Morgan fingerprint density at radius 3 is 3.00 bits per heavy atom. The molecule has 0 unspecified atom stereocenters. The maximum absolute atomic E-state index is 3.15. The molecule has 0 N–H and O–H groups in total. The van der Waals surface area contributed by atoms with Gasteiger partial charge in [-0.15, -0.1) is 0 Å². The first-order valence-corrected chi connectivity index (χ1v) is 4.83. The molecule has 13 heavy (non-hydrogen) atoms.